The molecule has 0 spiro atoms. The van der Waals surface area contributed by atoms with Gasteiger partial charge in [0.2, 0.25) is 0 Å². The third kappa shape index (κ3) is 4.64. The summed E-state index contributed by atoms with van der Waals surface area (Å²) in [6.45, 7) is 4.06. The molecule has 0 saturated heterocycles. The number of aliphatic imine (C=N–C) groups is 1. The topological polar surface area (TPSA) is 54.2 Å². The van der Waals surface area contributed by atoms with E-state index in [0.717, 1.165) is 24.7 Å². The van der Waals surface area contributed by atoms with E-state index in [4.69, 9.17) is 5.10 Å². The van der Waals surface area contributed by atoms with E-state index in [-0.39, 0.29) is 24.0 Å². The quantitative estimate of drug-likeness (QED) is 0.397. The van der Waals surface area contributed by atoms with E-state index >= 15 is 0 Å². The summed E-state index contributed by atoms with van der Waals surface area (Å²) in [5, 5.41) is 11.6. The van der Waals surface area contributed by atoms with Gasteiger partial charge < -0.3 is 10.6 Å². The largest absolute Gasteiger partial charge is 0.356 e. The molecule has 2 saturated carbocycles. The highest BCUT2D eigenvalue weighted by Gasteiger charge is 2.34. The third-order valence-corrected chi connectivity index (χ3v) is 5.82. The monoisotopic (exact) mass is 445 g/mol. The standard InChI is InChI=1S/C18H31N5.HI/c1-3-18(10-6-11-18)14-21-17(19-2)20-13-15-9-12-23(22-15)16-7-4-5-8-16;/h9,12,16H,3-8,10-11,13-14H2,1-2H3,(H2,19,20,21);1H. The van der Waals surface area contributed by atoms with Crippen LogP contribution in [-0.2, 0) is 6.54 Å². The maximum absolute atomic E-state index is 4.72. The zero-order valence-corrected chi connectivity index (χ0v) is 17.4. The highest BCUT2D eigenvalue weighted by Crippen LogP contribution is 2.42. The molecule has 0 amide bonds. The van der Waals surface area contributed by atoms with Crippen LogP contribution in [0.2, 0.25) is 0 Å². The lowest BCUT2D eigenvalue weighted by molar-refractivity contribution is 0.131. The minimum Gasteiger partial charge on any atom is -0.356 e. The van der Waals surface area contributed by atoms with Crippen molar-refractivity contribution in [2.45, 2.75) is 70.9 Å². The summed E-state index contributed by atoms with van der Waals surface area (Å²) in [7, 11) is 1.84. The van der Waals surface area contributed by atoms with Crippen LogP contribution in [-0.4, -0.2) is 29.3 Å². The second-order valence-corrected chi connectivity index (χ2v) is 7.21. The molecule has 1 aromatic heterocycles. The van der Waals surface area contributed by atoms with Crippen LogP contribution in [0, 0.1) is 5.41 Å². The van der Waals surface area contributed by atoms with E-state index < -0.39 is 0 Å². The second-order valence-electron chi connectivity index (χ2n) is 7.21. The summed E-state index contributed by atoms with van der Waals surface area (Å²) in [6.07, 6.45) is 12.7. The lowest BCUT2D eigenvalue weighted by Gasteiger charge is -2.41. The van der Waals surface area contributed by atoms with Crippen LogP contribution in [0.4, 0.5) is 0 Å². The zero-order chi connectivity index (χ0) is 16.1. The summed E-state index contributed by atoms with van der Waals surface area (Å²) in [5.41, 5.74) is 1.59. The van der Waals surface area contributed by atoms with Crippen LogP contribution in [0.25, 0.3) is 0 Å². The van der Waals surface area contributed by atoms with E-state index in [2.05, 4.69) is 39.5 Å². The fourth-order valence-electron chi connectivity index (χ4n) is 3.84. The van der Waals surface area contributed by atoms with Crippen molar-refractivity contribution in [1.29, 1.82) is 0 Å². The molecular formula is C18H32IN5. The fourth-order valence-corrected chi connectivity index (χ4v) is 3.84. The number of halogens is 1. The number of guanidine groups is 1. The molecule has 2 fully saturated rings. The molecule has 0 bridgehead atoms. The predicted molar refractivity (Wildman–Crippen MR) is 110 cm³/mol. The summed E-state index contributed by atoms with van der Waals surface area (Å²) >= 11 is 0. The summed E-state index contributed by atoms with van der Waals surface area (Å²) in [6, 6.07) is 2.74. The first-order valence-electron chi connectivity index (χ1n) is 9.23. The van der Waals surface area contributed by atoms with Crippen LogP contribution < -0.4 is 10.6 Å². The van der Waals surface area contributed by atoms with Gasteiger partial charge in [-0.3, -0.25) is 9.67 Å². The van der Waals surface area contributed by atoms with Crippen molar-refractivity contribution < 1.29 is 0 Å². The molecule has 0 aromatic carbocycles. The summed E-state index contributed by atoms with van der Waals surface area (Å²) < 4.78 is 2.15. The van der Waals surface area contributed by atoms with Gasteiger partial charge >= 0.3 is 0 Å². The Balaban J connectivity index is 0.00000208. The Morgan fingerprint density at radius 1 is 1.29 bits per heavy atom. The van der Waals surface area contributed by atoms with Crippen molar-refractivity contribution in [2.75, 3.05) is 13.6 Å². The Morgan fingerprint density at radius 2 is 2.04 bits per heavy atom. The van der Waals surface area contributed by atoms with E-state index in [0.29, 0.717) is 11.5 Å². The van der Waals surface area contributed by atoms with Crippen molar-refractivity contribution in [1.82, 2.24) is 20.4 Å². The van der Waals surface area contributed by atoms with Crippen LogP contribution >= 0.6 is 24.0 Å². The van der Waals surface area contributed by atoms with Gasteiger partial charge in [-0.25, -0.2) is 0 Å². The highest BCUT2D eigenvalue weighted by atomic mass is 127. The van der Waals surface area contributed by atoms with E-state index in [1.807, 2.05) is 7.05 Å². The molecule has 2 aliphatic rings. The van der Waals surface area contributed by atoms with Crippen molar-refractivity contribution in [2.24, 2.45) is 10.4 Å². The molecule has 0 radical (unpaired) electrons. The van der Waals surface area contributed by atoms with Gasteiger partial charge in [0.15, 0.2) is 5.96 Å². The van der Waals surface area contributed by atoms with Gasteiger partial charge in [-0.05, 0) is 43.6 Å². The Bertz CT molecular complexity index is 524. The molecule has 2 aliphatic carbocycles. The summed E-state index contributed by atoms with van der Waals surface area (Å²) in [4.78, 5) is 4.34. The lowest BCUT2D eigenvalue weighted by atomic mass is 9.67. The van der Waals surface area contributed by atoms with Gasteiger partial charge in [-0.2, -0.15) is 5.10 Å². The average Bonchev–Trinajstić information content (AvgIpc) is 3.20. The van der Waals surface area contributed by atoms with Gasteiger partial charge in [-0.15, -0.1) is 24.0 Å². The van der Waals surface area contributed by atoms with Crippen molar-refractivity contribution >= 4 is 29.9 Å². The molecule has 0 aliphatic heterocycles. The predicted octanol–water partition coefficient (Wildman–Crippen LogP) is 3.86. The normalized spacial score (nSPS) is 20.3. The van der Waals surface area contributed by atoms with Gasteiger partial charge in [0.05, 0.1) is 18.3 Å². The maximum atomic E-state index is 4.72. The Hall–Kier alpha value is -0.790. The molecule has 5 nitrogen and oxygen atoms in total. The number of nitrogens with zero attached hydrogens (tertiary/aromatic N) is 3. The molecule has 0 atom stereocenters. The number of hydrogen-bond donors (Lipinski definition) is 2. The van der Waals surface area contributed by atoms with Crippen LogP contribution in [0.3, 0.4) is 0 Å². The molecule has 136 valence electrons. The van der Waals surface area contributed by atoms with Gasteiger partial charge in [0, 0.05) is 19.8 Å². The number of nitrogens with one attached hydrogen (secondary N) is 2. The smallest absolute Gasteiger partial charge is 0.191 e. The van der Waals surface area contributed by atoms with Crippen LogP contribution in [0.1, 0.15) is 70.0 Å². The molecule has 3 rings (SSSR count). The van der Waals surface area contributed by atoms with E-state index in [1.165, 1.54) is 51.4 Å². The highest BCUT2D eigenvalue weighted by molar-refractivity contribution is 14.0. The molecule has 1 aromatic rings. The fraction of sp³-hybridized carbons (Fsp3) is 0.778. The Labute approximate surface area is 163 Å². The van der Waals surface area contributed by atoms with Crippen molar-refractivity contribution in [3.05, 3.63) is 18.0 Å². The van der Waals surface area contributed by atoms with E-state index in [1.54, 1.807) is 0 Å². The Kier molecular flexibility index (Phi) is 7.37. The molecule has 2 N–H and O–H groups in total. The van der Waals surface area contributed by atoms with Crippen molar-refractivity contribution in [3.63, 3.8) is 0 Å². The van der Waals surface area contributed by atoms with Crippen LogP contribution in [0.15, 0.2) is 17.3 Å². The first-order chi connectivity index (χ1) is 11.2. The van der Waals surface area contributed by atoms with Gasteiger partial charge in [0.25, 0.3) is 0 Å². The number of hydrogen-bond acceptors (Lipinski definition) is 2. The Morgan fingerprint density at radius 3 is 2.62 bits per heavy atom. The SMILES string of the molecule is CCC1(CNC(=NC)NCc2ccn(C3CCCC3)n2)CCC1.I. The molecule has 6 heteroatoms. The minimum absolute atomic E-state index is 0. The number of aromatic nitrogens is 2. The van der Waals surface area contributed by atoms with Crippen LogP contribution in [0.5, 0.6) is 0 Å². The van der Waals surface area contributed by atoms with Gasteiger partial charge in [-0.1, -0.05) is 26.2 Å². The average molecular weight is 445 g/mol. The van der Waals surface area contributed by atoms with Gasteiger partial charge in [0.1, 0.15) is 0 Å². The van der Waals surface area contributed by atoms with E-state index in [9.17, 15) is 0 Å². The maximum Gasteiger partial charge on any atom is 0.191 e. The molecule has 24 heavy (non-hydrogen) atoms. The molecular weight excluding hydrogens is 413 g/mol. The number of rotatable bonds is 6. The lowest BCUT2D eigenvalue weighted by Crippen LogP contribution is -2.46. The first kappa shape index (κ1) is 19.5. The van der Waals surface area contributed by atoms with Crippen molar-refractivity contribution in [3.8, 4) is 0 Å². The second kappa shape index (κ2) is 9.06. The molecule has 0 unspecified atom stereocenters. The zero-order valence-electron chi connectivity index (χ0n) is 15.1. The first-order valence-corrected chi connectivity index (χ1v) is 9.23. The molecule has 1 heterocycles. The summed E-state index contributed by atoms with van der Waals surface area (Å²) in [5.74, 6) is 0.889. The minimum atomic E-state index is 0. The third-order valence-electron chi connectivity index (χ3n) is 5.82.